The number of fused-ring (bicyclic) bond motifs is 2. The lowest BCUT2D eigenvalue weighted by Crippen LogP contribution is -2.56. The van der Waals surface area contributed by atoms with Gasteiger partial charge in [0.2, 0.25) is 0 Å². The number of rotatable bonds is 5. The zero-order valence-electron chi connectivity index (χ0n) is 19.0. The van der Waals surface area contributed by atoms with Gasteiger partial charge in [0, 0.05) is 37.0 Å². The molecule has 1 aliphatic heterocycles. The lowest BCUT2D eigenvalue weighted by atomic mass is 9.66. The van der Waals surface area contributed by atoms with Crippen LogP contribution in [-0.4, -0.2) is 33.2 Å². The summed E-state index contributed by atoms with van der Waals surface area (Å²) in [5.41, 5.74) is 10.1. The van der Waals surface area contributed by atoms with Crippen molar-refractivity contribution in [1.82, 2.24) is 14.9 Å². The summed E-state index contributed by atoms with van der Waals surface area (Å²) in [6.45, 7) is 8.47. The zero-order valence-corrected chi connectivity index (χ0v) is 19.8. The van der Waals surface area contributed by atoms with E-state index < -0.39 is 0 Å². The van der Waals surface area contributed by atoms with E-state index in [9.17, 15) is 4.79 Å². The Hall–Kier alpha value is -2.37. The second-order valence-corrected chi connectivity index (χ2v) is 11.1. The molecule has 5 heteroatoms. The monoisotopic (exact) mass is 443 g/mol. The summed E-state index contributed by atoms with van der Waals surface area (Å²) in [5.74, 6) is 1.86. The first-order valence-corrected chi connectivity index (χ1v) is 12.6. The number of benzene rings is 1. The molecular weight excluding hydrogens is 414 g/mol. The van der Waals surface area contributed by atoms with E-state index in [1.165, 1.54) is 23.1 Å². The van der Waals surface area contributed by atoms with Crippen molar-refractivity contribution in [2.24, 2.45) is 17.3 Å². The molecule has 2 fully saturated rings. The molecule has 3 aromatic rings. The first kappa shape index (κ1) is 20.3. The van der Waals surface area contributed by atoms with E-state index in [1.807, 2.05) is 11.6 Å². The second kappa shape index (κ2) is 7.32. The van der Waals surface area contributed by atoms with Crippen LogP contribution in [0.25, 0.3) is 11.3 Å². The van der Waals surface area contributed by atoms with Crippen LogP contribution in [0.2, 0.25) is 0 Å². The fraction of sp³-hybridized carbons (Fsp3) is 0.444. The highest BCUT2D eigenvalue weighted by molar-refractivity contribution is 7.07. The smallest absolute Gasteiger partial charge is 0.178 e. The van der Waals surface area contributed by atoms with Crippen LogP contribution < -0.4 is 0 Å². The summed E-state index contributed by atoms with van der Waals surface area (Å²) in [6.07, 6.45) is 3.25. The van der Waals surface area contributed by atoms with E-state index in [-0.39, 0.29) is 5.78 Å². The van der Waals surface area contributed by atoms with Crippen LogP contribution in [0.3, 0.4) is 0 Å². The molecule has 3 atom stereocenters. The molecule has 0 amide bonds. The van der Waals surface area contributed by atoms with Crippen LogP contribution in [-0.2, 0) is 19.4 Å². The molecule has 32 heavy (non-hydrogen) atoms. The van der Waals surface area contributed by atoms with E-state index in [0.29, 0.717) is 17.2 Å². The highest BCUT2D eigenvalue weighted by atomic mass is 32.1. The number of carbonyl (C=O) groups is 1. The van der Waals surface area contributed by atoms with Crippen molar-refractivity contribution in [2.75, 3.05) is 6.54 Å². The van der Waals surface area contributed by atoms with E-state index in [2.05, 4.69) is 53.4 Å². The van der Waals surface area contributed by atoms with Crippen molar-refractivity contribution in [3.63, 3.8) is 0 Å². The van der Waals surface area contributed by atoms with Crippen LogP contribution in [0.5, 0.6) is 0 Å². The van der Waals surface area contributed by atoms with Crippen LogP contribution >= 0.6 is 11.3 Å². The van der Waals surface area contributed by atoms with Crippen molar-refractivity contribution < 1.29 is 4.79 Å². The normalized spacial score (nSPS) is 25.5. The number of nitrogens with zero attached hydrogens (tertiary/aromatic N) is 3. The van der Waals surface area contributed by atoms with E-state index in [1.54, 1.807) is 18.3 Å². The van der Waals surface area contributed by atoms with Crippen molar-refractivity contribution in [3.05, 3.63) is 69.3 Å². The molecule has 164 valence electrons. The molecule has 0 saturated heterocycles. The summed E-state index contributed by atoms with van der Waals surface area (Å²) >= 11 is 1.62. The fourth-order valence-corrected chi connectivity index (χ4v) is 6.96. The summed E-state index contributed by atoms with van der Waals surface area (Å²) in [7, 11) is 0. The van der Waals surface area contributed by atoms with Gasteiger partial charge in [-0.05, 0) is 59.3 Å². The van der Waals surface area contributed by atoms with Gasteiger partial charge in [0.25, 0.3) is 0 Å². The number of Topliss-reactive ketones (excluding diaryl/α,β-unsaturated/α-hetero) is 1. The van der Waals surface area contributed by atoms with Crippen LogP contribution in [0, 0.1) is 17.3 Å². The minimum Gasteiger partial charge on any atom is -0.293 e. The van der Waals surface area contributed by atoms with Gasteiger partial charge in [0.05, 0.1) is 16.9 Å². The van der Waals surface area contributed by atoms with Gasteiger partial charge in [-0.25, -0.2) is 9.97 Å². The van der Waals surface area contributed by atoms with Crippen molar-refractivity contribution in [1.29, 1.82) is 0 Å². The molecule has 4 nitrogen and oxygen atoms in total. The molecule has 0 spiro atoms. The Morgan fingerprint density at radius 1 is 1.25 bits per heavy atom. The number of aromatic nitrogens is 2. The summed E-state index contributed by atoms with van der Waals surface area (Å²) in [4.78, 5) is 24.2. The maximum atomic E-state index is 12.3. The van der Waals surface area contributed by atoms with Gasteiger partial charge in [0.15, 0.2) is 5.78 Å². The molecule has 1 aromatic carbocycles. The maximum Gasteiger partial charge on any atom is 0.178 e. The molecule has 0 N–H and O–H groups in total. The molecule has 3 aliphatic rings. The topological polar surface area (TPSA) is 46.1 Å². The highest BCUT2D eigenvalue weighted by Crippen LogP contribution is 2.68. The summed E-state index contributed by atoms with van der Waals surface area (Å²) in [5, 5.41) is 2.08. The Bertz CT molecular complexity index is 1180. The van der Waals surface area contributed by atoms with Crippen LogP contribution in [0.15, 0.2) is 41.2 Å². The van der Waals surface area contributed by atoms with Gasteiger partial charge in [-0.15, -0.1) is 11.3 Å². The van der Waals surface area contributed by atoms with Gasteiger partial charge in [0.1, 0.15) is 5.69 Å². The highest BCUT2D eigenvalue weighted by Gasteiger charge is 2.67. The standard InChI is InChI=1S/C27H29N3OS/c1-16(31)23-11-19(10-17-4-6-18(7-5-17)25-14-32-15-28-25)20-8-9-30(13-24(20)29-23)26-21-12-22(21)27(26,2)3/h4-7,11,14-15,21-22,26H,8-10,12-13H2,1-3H3. The predicted octanol–water partition coefficient (Wildman–Crippen LogP) is 5.40. The number of pyridine rings is 1. The number of hydrogen-bond donors (Lipinski definition) is 0. The Kier molecular flexibility index (Phi) is 4.63. The predicted molar refractivity (Wildman–Crippen MR) is 128 cm³/mol. The number of ketones is 1. The average molecular weight is 444 g/mol. The molecule has 6 rings (SSSR count). The first-order valence-electron chi connectivity index (χ1n) is 11.7. The third-order valence-corrected chi connectivity index (χ3v) is 8.68. The molecule has 0 bridgehead atoms. The first-order chi connectivity index (χ1) is 15.4. The molecule has 2 saturated carbocycles. The van der Waals surface area contributed by atoms with Crippen molar-refractivity contribution >= 4 is 17.1 Å². The minimum absolute atomic E-state index is 0.0521. The Labute approximate surface area is 193 Å². The van der Waals surface area contributed by atoms with Gasteiger partial charge >= 0.3 is 0 Å². The van der Waals surface area contributed by atoms with Gasteiger partial charge in [-0.1, -0.05) is 38.1 Å². The maximum absolute atomic E-state index is 12.3. The third kappa shape index (κ3) is 3.25. The SMILES string of the molecule is CC(=O)c1cc(Cc2ccc(-c3cscn3)cc2)c2c(n1)CN(C1C3CC3C1(C)C)CC2. The molecule has 2 aromatic heterocycles. The number of carbonyl (C=O) groups excluding carboxylic acids is 1. The van der Waals surface area contributed by atoms with E-state index in [0.717, 1.165) is 54.7 Å². The van der Waals surface area contributed by atoms with E-state index >= 15 is 0 Å². The molecule has 3 unspecified atom stereocenters. The van der Waals surface area contributed by atoms with Gasteiger partial charge < -0.3 is 0 Å². The largest absolute Gasteiger partial charge is 0.293 e. The Morgan fingerprint density at radius 3 is 2.72 bits per heavy atom. The molecule has 3 heterocycles. The summed E-state index contributed by atoms with van der Waals surface area (Å²) < 4.78 is 0. The average Bonchev–Trinajstić information content (AvgIpc) is 3.29. The summed E-state index contributed by atoms with van der Waals surface area (Å²) in [6, 6.07) is 11.4. The van der Waals surface area contributed by atoms with Gasteiger partial charge in [-0.2, -0.15) is 0 Å². The third-order valence-electron chi connectivity index (χ3n) is 8.10. The van der Waals surface area contributed by atoms with Crippen LogP contribution in [0.1, 0.15) is 60.1 Å². The molecule has 0 radical (unpaired) electrons. The fourth-order valence-electron chi connectivity index (χ4n) is 6.40. The van der Waals surface area contributed by atoms with Crippen molar-refractivity contribution in [2.45, 2.75) is 52.6 Å². The number of hydrogen-bond acceptors (Lipinski definition) is 5. The van der Waals surface area contributed by atoms with Gasteiger partial charge in [-0.3, -0.25) is 9.69 Å². The lowest BCUT2D eigenvalue weighted by Gasteiger charge is -2.51. The Morgan fingerprint density at radius 2 is 2.06 bits per heavy atom. The lowest BCUT2D eigenvalue weighted by molar-refractivity contribution is -0.0221. The Balaban J connectivity index is 1.28. The van der Waals surface area contributed by atoms with E-state index in [4.69, 9.17) is 4.98 Å². The number of thiazole rings is 1. The van der Waals surface area contributed by atoms with Crippen molar-refractivity contribution in [3.8, 4) is 11.3 Å². The zero-order chi connectivity index (χ0) is 22.0. The minimum atomic E-state index is 0.0521. The molecule has 2 aliphatic carbocycles. The second-order valence-electron chi connectivity index (χ2n) is 10.4. The molecular formula is C27H29N3OS. The quantitative estimate of drug-likeness (QED) is 0.495. The van der Waals surface area contributed by atoms with Crippen LogP contribution in [0.4, 0.5) is 0 Å².